The Labute approximate surface area is 135 Å². The monoisotopic (exact) mass is 314 g/mol. The van der Waals surface area contributed by atoms with Crippen molar-refractivity contribution < 1.29 is 9.53 Å². The molecule has 3 rings (SSSR count). The summed E-state index contributed by atoms with van der Waals surface area (Å²) < 4.78 is 7.29. The molecule has 0 spiro atoms. The quantitative estimate of drug-likeness (QED) is 0.718. The maximum absolute atomic E-state index is 12.0. The van der Waals surface area contributed by atoms with Gasteiger partial charge in [0, 0.05) is 25.3 Å². The maximum atomic E-state index is 12.0. The van der Waals surface area contributed by atoms with Crippen molar-refractivity contribution in [1.82, 2.24) is 20.1 Å². The third kappa shape index (κ3) is 5.17. The van der Waals surface area contributed by atoms with Gasteiger partial charge >= 0.3 is 0 Å². The molecule has 1 saturated carbocycles. The molecule has 2 aromatic rings. The molecule has 23 heavy (non-hydrogen) atoms. The zero-order chi connectivity index (χ0) is 15.9. The van der Waals surface area contributed by atoms with E-state index in [4.69, 9.17) is 4.74 Å². The zero-order valence-corrected chi connectivity index (χ0v) is 13.1. The summed E-state index contributed by atoms with van der Waals surface area (Å²) in [6, 6.07) is 7.56. The zero-order valence-electron chi connectivity index (χ0n) is 13.1. The predicted octanol–water partition coefficient (Wildman–Crippen LogP) is 1.87. The van der Waals surface area contributed by atoms with E-state index in [0.29, 0.717) is 25.3 Å². The molecule has 0 bridgehead atoms. The first-order valence-corrected chi connectivity index (χ1v) is 8.08. The second-order valence-corrected chi connectivity index (χ2v) is 5.92. The Bertz CT molecular complexity index is 606. The van der Waals surface area contributed by atoms with Gasteiger partial charge in [-0.2, -0.15) is 5.10 Å². The SMILES string of the molecule is O=C(NCCCOCC1CC1)c1ccc(Cn2cncn2)cc1. The normalized spacial score (nSPS) is 13.9. The fourth-order valence-electron chi connectivity index (χ4n) is 2.28. The van der Waals surface area contributed by atoms with E-state index in [1.54, 1.807) is 11.0 Å². The first kappa shape index (κ1) is 15.7. The molecule has 0 unspecified atom stereocenters. The molecule has 1 aliphatic carbocycles. The molecule has 1 fully saturated rings. The Kier molecular flexibility index (Phi) is 5.37. The van der Waals surface area contributed by atoms with Crippen LogP contribution in [-0.4, -0.2) is 40.4 Å². The second kappa shape index (κ2) is 7.87. The molecule has 0 atom stereocenters. The van der Waals surface area contributed by atoms with Gasteiger partial charge in [-0.25, -0.2) is 9.67 Å². The first-order chi connectivity index (χ1) is 11.3. The summed E-state index contributed by atoms with van der Waals surface area (Å²) in [7, 11) is 0. The molecule has 1 aliphatic rings. The third-order valence-corrected chi connectivity index (χ3v) is 3.83. The van der Waals surface area contributed by atoms with E-state index in [9.17, 15) is 4.79 Å². The minimum absolute atomic E-state index is 0.0421. The van der Waals surface area contributed by atoms with Crippen molar-refractivity contribution >= 4 is 5.91 Å². The Morgan fingerprint density at radius 3 is 2.83 bits per heavy atom. The van der Waals surface area contributed by atoms with Gasteiger partial charge in [0.05, 0.1) is 6.54 Å². The molecule has 1 amide bonds. The van der Waals surface area contributed by atoms with Crippen molar-refractivity contribution in [3.05, 3.63) is 48.0 Å². The number of nitrogens with zero attached hydrogens (tertiary/aromatic N) is 3. The van der Waals surface area contributed by atoms with Crippen LogP contribution >= 0.6 is 0 Å². The summed E-state index contributed by atoms with van der Waals surface area (Å²) in [6.45, 7) is 2.89. The molecule has 0 saturated heterocycles. The number of amides is 1. The van der Waals surface area contributed by atoms with Gasteiger partial charge in [0.2, 0.25) is 0 Å². The minimum Gasteiger partial charge on any atom is -0.381 e. The Morgan fingerprint density at radius 1 is 1.30 bits per heavy atom. The summed E-state index contributed by atoms with van der Waals surface area (Å²) in [5, 5.41) is 6.98. The second-order valence-electron chi connectivity index (χ2n) is 5.92. The lowest BCUT2D eigenvalue weighted by Crippen LogP contribution is -2.25. The number of benzene rings is 1. The van der Waals surface area contributed by atoms with Gasteiger partial charge in [0.15, 0.2) is 0 Å². The summed E-state index contributed by atoms with van der Waals surface area (Å²) in [5.74, 6) is 0.750. The molecule has 6 nitrogen and oxygen atoms in total. The van der Waals surface area contributed by atoms with Crippen molar-refractivity contribution in [3.8, 4) is 0 Å². The largest absolute Gasteiger partial charge is 0.381 e. The molecule has 0 aliphatic heterocycles. The number of carbonyl (C=O) groups excluding carboxylic acids is 1. The highest BCUT2D eigenvalue weighted by atomic mass is 16.5. The van der Waals surface area contributed by atoms with E-state index in [2.05, 4.69) is 15.4 Å². The van der Waals surface area contributed by atoms with Crippen LogP contribution in [0.3, 0.4) is 0 Å². The summed E-state index contributed by atoms with van der Waals surface area (Å²) in [4.78, 5) is 16.0. The van der Waals surface area contributed by atoms with Gasteiger partial charge in [0.25, 0.3) is 5.91 Å². The van der Waals surface area contributed by atoms with Crippen LogP contribution in [0.15, 0.2) is 36.9 Å². The van der Waals surface area contributed by atoms with Crippen LogP contribution in [0.1, 0.15) is 35.2 Å². The van der Waals surface area contributed by atoms with E-state index in [1.165, 1.54) is 19.2 Å². The summed E-state index contributed by atoms with van der Waals surface area (Å²) >= 11 is 0. The Hall–Kier alpha value is -2.21. The van der Waals surface area contributed by atoms with Crippen molar-refractivity contribution in [2.24, 2.45) is 5.92 Å². The number of rotatable bonds is 9. The molecule has 1 aromatic carbocycles. The van der Waals surface area contributed by atoms with Crippen LogP contribution in [0, 0.1) is 5.92 Å². The van der Waals surface area contributed by atoms with Gasteiger partial charge in [-0.05, 0) is 42.9 Å². The van der Waals surface area contributed by atoms with E-state index < -0.39 is 0 Å². The van der Waals surface area contributed by atoms with Crippen molar-refractivity contribution in [1.29, 1.82) is 0 Å². The number of aromatic nitrogens is 3. The Balaban J connectivity index is 1.36. The van der Waals surface area contributed by atoms with Gasteiger partial charge in [0.1, 0.15) is 12.7 Å². The lowest BCUT2D eigenvalue weighted by Gasteiger charge is -2.07. The third-order valence-electron chi connectivity index (χ3n) is 3.83. The van der Waals surface area contributed by atoms with Gasteiger partial charge in [-0.1, -0.05) is 12.1 Å². The van der Waals surface area contributed by atoms with Gasteiger partial charge < -0.3 is 10.1 Å². The van der Waals surface area contributed by atoms with Gasteiger partial charge in [-0.3, -0.25) is 4.79 Å². The maximum Gasteiger partial charge on any atom is 0.251 e. The van der Waals surface area contributed by atoms with Crippen LogP contribution < -0.4 is 5.32 Å². The van der Waals surface area contributed by atoms with E-state index in [1.807, 2.05) is 24.3 Å². The van der Waals surface area contributed by atoms with Crippen molar-refractivity contribution in [2.45, 2.75) is 25.8 Å². The van der Waals surface area contributed by atoms with Gasteiger partial charge in [-0.15, -0.1) is 0 Å². The summed E-state index contributed by atoms with van der Waals surface area (Å²) in [5.41, 5.74) is 1.76. The number of carbonyl (C=O) groups is 1. The Morgan fingerprint density at radius 2 is 2.13 bits per heavy atom. The first-order valence-electron chi connectivity index (χ1n) is 8.08. The molecule has 6 heteroatoms. The van der Waals surface area contributed by atoms with Crippen molar-refractivity contribution in [3.63, 3.8) is 0 Å². The average Bonchev–Trinajstić information content (AvgIpc) is 3.26. The van der Waals surface area contributed by atoms with Crippen LogP contribution in [-0.2, 0) is 11.3 Å². The number of nitrogens with one attached hydrogen (secondary N) is 1. The molecule has 122 valence electrons. The van der Waals surface area contributed by atoms with E-state index in [0.717, 1.165) is 24.5 Å². The fourth-order valence-corrected chi connectivity index (χ4v) is 2.28. The lowest BCUT2D eigenvalue weighted by molar-refractivity contribution is 0.0937. The highest BCUT2D eigenvalue weighted by Crippen LogP contribution is 2.28. The van der Waals surface area contributed by atoms with Crippen LogP contribution in [0.25, 0.3) is 0 Å². The van der Waals surface area contributed by atoms with Crippen LogP contribution in [0.2, 0.25) is 0 Å². The molecule has 1 heterocycles. The smallest absolute Gasteiger partial charge is 0.251 e. The van der Waals surface area contributed by atoms with E-state index >= 15 is 0 Å². The number of hydrogen-bond donors (Lipinski definition) is 1. The van der Waals surface area contributed by atoms with Crippen LogP contribution in [0.5, 0.6) is 0 Å². The van der Waals surface area contributed by atoms with Crippen molar-refractivity contribution in [2.75, 3.05) is 19.8 Å². The molecule has 1 aromatic heterocycles. The van der Waals surface area contributed by atoms with Crippen LogP contribution in [0.4, 0.5) is 0 Å². The predicted molar refractivity (Wildman–Crippen MR) is 86.1 cm³/mol. The number of hydrogen-bond acceptors (Lipinski definition) is 4. The lowest BCUT2D eigenvalue weighted by atomic mass is 10.1. The number of ether oxygens (including phenoxy) is 1. The topological polar surface area (TPSA) is 69.0 Å². The highest BCUT2D eigenvalue weighted by molar-refractivity contribution is 5.94. The standard InChI is InChI=1S/C17H22N4O2/c22-17(19-8-1-9-23-11-15-2-3-15)16-6-4-14(5-7-16)10-21-13-18-12-20-21/h4-7,12-13,15H,1-3,8-11H2,(H,19,22). The molecule has 1 N–H and O–H groups in total. The minimum atomic E-state index is -0.0421. The summed E-state index contributed by atoms with van der Waals surface area (Å²) in [6.07, 6.45) is 6.65. The highest BCUT2D eigenvalue weighted by Gasteiger charge is 2.20. The average molecular weight is 314 g/mol. The fraction of sp³-hybridized carbons (Fsp3) is 0.471. The molecular formula is C17H22N4O2. The molecule has 0 radical (unpaired) electrons. The van der Waals surface area contributed by atoms with E-state index in [-0.39, 0.29) is 5.91 Å². The molecular weight excluding hydrogens is 292 g/mol.